The number of nitrogens with one attached hydrogen (secondary N) is 1. The molecule has 0 bridgehead atoms. The van der Waals surface area contributed by atoms with Crippen LogP contribution in [0.2, 0.25) is 0 Å². The predicted molar refractivity (Wildman–Crippen MR) is 81.6 cm³/mol. The van der Waals surface area contributed by atoms with Gasteiger partial charge in [0.1, 0.15) is 5.82 Å². The van der Waals surface area contributed by atoms with Crippen LogP contribution in [0, 0.1) is 19.7 Å². The number of aromatic nitrogens is 1. The number of pyridine rings is 1. The molecule has 2 rings (SSSR count). The molecule has 0 saturated heterocycles. The van der Waals surface area contributed by atoms with Gasteiger partial charge in [-0.15, -0.1) is 0 Å². The Bertz CT molecular complexity index is 596. The number of halogens is 2. The van der Waals surface area contributed by atoms with E-state index in [1.165, 1.54) is 12.1 Å². The number of aryl methyl sites for hydroxylation is 2. The molecule has 0 aliphatic heterocycles. The summed E-state index contributed by atoms with van der Waals surface area (Å²) in [5.74, 6) is 5.38. The molecule has 1 aromatic heterocycles. The van der Waals surface area contributed by atoms with Crippen LogP contribution in [0.3, 0.4) is 0 Å². The number of rotatable bonds is 4. The predicted octanol–water partition coefficient (Wildman–Crippen LogP) is 3.35. The smallest absolute Gasteiger partial charge is 0.124 e. The van der Waals surface area contributed by atoms with Crippen LogP contribution in [0.15, 0.2) is 34.9 Å². The van der Waals surface area contributed by atoms with Crippen molar-refractivity contribution in [2.75, 3.05) is 0 Å². The lowest BCUT2D eigenvalue weighted by Gasteiger charge is -2.18. The van der Waals surface area contributed by atoms with Crippen LogP contribution in [-0.2, 0) is 6.42 Å². The number of hydrogen-bond donors (Lipinski definition) is 2. The zero-order valence-corrected chi connectivity index (χ0v) is 13.0. The molecule has 1 heterocycles. The first-order valence-electron chi connectivity index (χ1n) is 6.34. The fraction of sp³-hybridized carbons (Fsp3) is 0.267. The molecule has 2 aromatic rings. The summed E-state index contributed by atoms with van der Waals surface area (Å²) in [5, 5.41) is 0. The van der Waals surface area contributed by atoms with E-state index in [9.17, 15) is 4.39 Å². The third-order valence-corrected chi connectivity index (χ3v) is 3.61. The molecule has 0 spiro atoms. The summed E-state index contributed by atoms with van der Waals surface area (Å²) in [6.07, 6.45) is 2.39. The SMILES string of the molecule is Cc1cnc(C(Cc2cc(F)cc(Br)c2)NN)c(C)c1. The molecule has 3 nitrogen and oxygen atoms in total. The lowest BCUT2D eigenvalue weighted by Crippen LogP contribution is -2.31. The van der Waals surface area contributed by atoms with Gasteiger partial charge >= 0.3 is 0 Å². The van der Waals surface area contributed by atoms with E-state index in [0.717, 1.165) is 26.9 Å². The van der Waals surface area contributed by atoms with Crippen molar-refractivity contribution in [3.63, 3.8) is 0 Å². The monoisotopic (exact) mass is 337 g/mol. The minimum absolute atomic E-state index is 0.149. The van der Waals surface area contributed by atoms with Gasteiger partial charge in [-0.05, 0) is 55.2 Å². The van der Waals surface area contributed by atoms with Crippen molar-refractivity contribution in [3.8, 4) is 0 Å². The highest BCUT2D eigenvalue weighted by Gasteiger charge is 2.15. The highest BCUT2D eigenvalue weighted by Crippen LogP contribution is 2.22. The molecule has 20 heavy (non-hydrogen) atoms. The van der Waals surface area contributed by atoms with Crippen LogP contribution in [0.4, 0.5) is 4.39 Å². The molecule has 0 amide bonds. The fourth-order valence-corrected chi connectivity index (χ4v) is 2.80. The standard InChI is InChI=1S/C15H17BrFN3/c1-9-3-10(2)15(19-8-9)14(20-18)6-11-4-12(16)7-13(17)5-11/h3-5,7-8,14,20H,6,18H2,1-2H3. The summed E-state index contributed by atoms with van der Waals surface area (Å²) in [7, 11) is 0. The Labute approximate surface area is 126 Å². The van der Waals surface area contributed by atoms with Crippen molar-refractivity contribution in [3.05, 3.63) is 63.1 Å². The maximum absolute atomic E-state index is 13.4. The molecule has 0 aliphatic rings. The average molecular weight is 338 g/mol. The molecular formula is C15H17BrFN3. The first-order valence-corrected chi connectivity index (χ1v) is 7.13. The molecule has 0 fully saturated rings. The summed E-state index contributed by atoms with van der Waals surface area (Å²) < 4.78 is 14.1. The molecule has 0 saturated carbocycles. The van der Waals surface area contributed by atoms with Gasteiger partial charge in [0.2, 0.25) is 0 Å². The second kappa shape index (κ2) is 6.43. The van der Waals surface area contributed by atoms with Gasteiger partial charge in [-0.3, -0.25) is 16.3 Å². The van der Waals surface area contributed by atoms with Crippen molar-refractivity contribution in [1.29, 1.82) is 0 Å². The van der Waals surface area contributed by atoms with E-state index in [1.54, 1.807) is 0 Å². The van der Waals surface area contributed by atoms with Crippen LogP contribution in [0.1, 0.15) is 28.4 Å². The van der Waals surface area contributed by atoms with E-state index in [1.807, 2.05) is 26.1 Å². The largest absolute Gasteiger partial charge is 0.271 e. The van der Waals surface area contributed by atoms with Gasteiger partial charge in [0.25, 0.3) is 0 Å². The molecule has 1 aromatic carbocycles. The third kappa shape index (κ3) is 3.62. The van der Waals surface area contributed by atoms with Crippen molar-refractivity contribution in [2.45, 2.75) is 26.3 Å². The number of nitrogens with two attached hydrogens (primary N) is 1. The van der Waals surface area contributed by atoms with Crippen LogP contribution in [0.5, 0.6) is 0 Å². The summed E-state index contributed by atoms with van der Waals surface area (Å²) in [6.45, 7) is 4.00. The van der Waals surface area contributed by atoms with Gasteiger partial charge in [-0.1, -0.05) is 22.0 Å². The topological polar surface area (TPSA) is 50.9 Å². The van der Waals surface area contributed by atoms with Gasteiger partial charge in [0.05, 0.1) is 11.7 Å². The summed E-state index contributed by atoms with van der Waals surface area (Å²) in [6, 6.07) is 6.75. The maximum atomic E-state index is 13.4. The number of nitrogens with zero attached hydrogens (tertiary/aromatic N) is 1. The zero-order chi connectivity index (χ0) is 14.7. The van der Waals surface area contributed by atoms with Crippen molar-refractivity contribution < 1.29 is 4.39 Å². The summed E-state index contributed by atoms with van der Waals surface area (Å²) >= 11 is 3.30. The summed E-state index contributed by atoms with van der Waals surface area (Å²) in [4.78, 5) is 4.44. The van der Waals surface area contributed by atoms with E-state index >= 15 is 0 Å². The van der Waals surface area contributed by atoms with Crippen LogP contribution in [-0.4, -0.2) is 4.98 Å². The van der Waals surface area contributed by atoms with Crippen LogP contribution in [0.25, 0.3) is 0 Å². The lowest BCUT2D eigenvalue weighted by atomic mass is 10.00. The van der Waals surface area contributed by atoms with Crippen molar-refractivity contribution >= 4 is 15.9 Å². The molecule has 106 valence electrons. The van der Waals surface area contributed by atoms with E-state index in [2.05, 4.69) is 32.4 Å². The lowest BCUT2D eigenvalue weighted by molar-refractivity contribution is 0.532. The van der Waals surface area contributed by atoms with Gasteiger partial charge in [0, 0.05) is 10.7 Å². The van der Waals surface area contributed by atoms with Crippen molar-refractivity contribution in [1.82, 2.24) is 10.4 Å². The molecule has 5 heteroatoms. The van der Waals surface area contributed by atoms with Crippen LogP contribution >= 0.6 is 15.9 Å². The quantitative estimate of drug-likeness (QED) is 0.664. The van der Waals surface area contributed by atoms with Gasteiger partial charge in [-0.25, -0.2) is 4.39 Å². The normalized spacial score (nSPS) is 12.4. The highest BCUT2D eigenvalue weighted by atomic mass is 79.9. The Balaban J connectivity index is 2.28. The van der Waals surface area contributed by atoms with Gasteiger partial charge in [0.15, 0.2) is 0 Å². The number of hydrazine groups is 1. The number of benzene rings is 1. The highest BCUT2D eigenvalue weighted by molar-refractivity contribution is 9.10. The maximum Gasteiger partial charge on any atom is 0.124 e. The van der Waals surface area contributed by atoms with Gasteiger partial charge < -0.3 is 0 Å². The molecule has 0 radical (unpaired) electrons. The molecule has 0 aliphatic carbocycles. The minimum Gasteiger partial charge on any atom is -0.271 e. The van der Waals surface area contributed by atoms with Gasteiger partial charge in [-0.2, -0.15) is 0 Å². The van der Waals surface area contributed by atoms with E-state index in [4.69, 9.17) is 5.84 Å². The van der Waals surface area contributed by atoms with Crippen molar-refractivity contribution in [2.24, 2.45) is 5.84 Å². The first kappa shape index (κ1) is 15.1. The third-order valence-electron chi connectivity index (χ3n) is 3.15. The average Bonchev–Trinajstić information content (AvgIpc) is 2.35. The van der Waals surface area contributed by atoms with E-state index < -0.39 is 0 Å². The second-order valence-corrected chi connectivity index (χ2v) is 5.83. The molecule has 1 unspecified atom stereocenters. The molecular weight excluding hydrogens is 321 g/mol. The van der Waals surface area contributed by atoms with Crippen LogP contribution < -0.4 is 11.3 Å². The minimum atomic E-state index is -0.265. The number of hydrogen-bond acceptors (Lipinski definition) is 3. The van der Waals surface area contributed by atoms with E-state index in [0.29, 0.717) is 6.42 Å². The molecule has 3 N–H and O–H groups in total. The Kier molecular flexibility index (Phi) is 4.86. The summed E-state index contributed by atoms with van der Waals surface area (Å²) in [5.41, 5.74) is 6.70. The van der Waals surface area contributed by atoms with E-state index in [-0.39, 0.29) is 11.9 Å². The Hall–Kier alpha value is -1.30. The zero-order valence-electron chi connectivity index (χ0n) is 11.5. The molecule has 1 atom stereocenters. The Morgan fingerprint density at radius 1 is 1.30 bits per heavy atom. The first-order chi connectivity index (χ1) is 9.49. The Morgan fingerprint density at radius 2 is 2.05 bits per heavy atom. The Morgan fingerprint density at radius 3 is 2.65 bits per heavy atom. The second-order valence-electron chi connectivity index (χ2n) is 4.92. The fourth-order valence-electron chi connectivity index (χ4n) is 2.29.